The number of piperidine rings is 1. The maximum atomic E-state index is 12.6. The fourth-order valence-electron chi connectivity index (χ4n) is 4.15. The number of likely N-dealkylation sites (tertiary alicyclic amines) is 1. The van der Waals surface area contributed by atoms with E-state index in [0.717, 1.165) is 42.6 Å². The van der Waals surface area contributed by atoms with Crippen LogP contribution in [0.3, 0.4) is 0 Å². The van der Waals surface area contributed by atoms with Gasteiger partial charge in [0.15, 0.2) is 0 Å². The summed E-state index contributed by atoms with van der Waals surface area (Å²) in [6, 6.07) is 9.12. The molecule has 4 aromatic heterocycles. The summed E-state index contributed by atoms with van der Waals surface area (Å²) in [7, 11) is 3.67. The van der Waals surface area contributed by atoms with Gasteiger partial charge in [0.25, 0.3) is 11.8 Å². The Morgan fingerprint density at radius 1 is 1.00 bits per heavy atom. The number of nitrogens with zero attached hydrogens (tertiary/aromatic N) is 6. The fourth-order valence-corrected chi connectivity index (χ4v) is 4.15. The molecule has 10 heteroatoms. The fraction of sp³-hybridized carbons (Fsp3) is 0.280. The smallest absolute Gasteiger partial charge is 0.269 e. The van der Waals surface area contributed by atoms with E-state index < -0.39 is 0 Å². The molecule has 35 heavy (non-hydrogen) atoms. The normalized spacial score (nSPS) is 14.7. The van der Waals surface area contributed by atoms with E-state index >= 15 is 0 Å². The molecule has 5 rings (SSSR count). The molecule has 0 aliphatic carbocycles. The monoisotopic (exact) mass is 470 g/mol. The first kappa shape index (κ1) is 22.6. The Bertz CT molecular complexity index is 1370. The first-order valence-corrected chi connectivity index (χ1v) is 11.5. The predicted molar refractivity (Wildman–Crippen MR) is 132 cm³/mol. The van der Waals surface area contributed by atoms with Gasteiger partial charge in [0.05, 0.1) is 29.0 Å². The molecule has 0 aromatic carbocycles. The summed E-state index contributed by atoms with van der Waals surface area (Å²) in [6.45, 7) is 2.15. The number of nitrogens with one attached hydrogen (secondary N) is 2. The van der Waals surface area contributed by atoms with Crippen molar-refractivity contribution >= 4 is 28.5 Å². The molecule has 4 aromatic rings. The van der Waals surface area contributed by atoms with Crippen LogP contribution in [-0.2, 0) is 0 Å². The minimum absolute atomic E-state index is 0.240. The van der Waals surface area contributed by atoms with Crippen molar-refractivity contribution in [3.8, 4) is 11.3 Å². The zero-order valence-corrected chi connectivity index (χ0v) is 19.6. The summed E-state index contributed by atoms with van der Waals surface area (Å²) in [5, 5.41) is 10.7. The summed E-state index contributed by atoms with van der Waals surface area (Å²) in [4.78, 5) is 39.8. The lowest BCUT2D eigenvalue weighted by molar-refractivity contribution is 0.0955. The lowest BCUT2D eigenvalue weighted by Gasteiger charge is -2.28. The highest BCUT2D eigenvalue weighted by molar-refractivity contribution is 6.04. The quantitative estimate of drug-likeness (QED) is 0.460. The Balaban J connectivity index is 1.33. The second-order valence-corrected chi connectivity index (χ2v) is 8.67. The summed E-state index contributed by atoms with van der Waals surface area (Å²) in [5.74, 6) is -0.306. The van der Waals surface area contributed by atoms with E-state index in [9.17, 15) is 9.59 Å². The third kappa shape index (κ3) is 4.87. The molecule has 0 unspecified atom stereocenters. The van der Waals surface area contributed by atoms with Crippen molar-refractivity contribution in [3.63, 3.8) is 0 Å². The van der Waals surface area contributed by atoms with Crippen LogP contribution in [0.4, 0.5) is 5.82 Å². The lowest BCUT2D eigenvalue weighted by atomic mass is 10.1. The van der Waals surface area contributed by atoms with Gasteiger partial charge in [-0.3, -0.25) is 19.3 Å². The third-order valence-corrected chi connectivity index (χ3v) is 6.26. The van der Waals surface area contributed by atoms with Crippen LogP contribution < -0.4 is 10.6 Å². The van der Waals surface area contributed by atoms with Crippen molar-refractivity contribution < 1.29 is 9.59 Å². The van der Waals surface area contributed by atoms with Crippen LogP contribution in [-0.4, -0.2) is 68.6 Å². The van der Waals surface area contributed by atoms with Gasteiger partial charge < -0.3 is 15.5 Å². The van der Waals surface area contributed by atoms with Gasteiger partial charge in [-0.25, -0.2) is 9.97 Å². The number of amides is 2. The molecule has 178 valence electrons. The van der Waals surface area contributed by atoms with Gasteiger partial charge in [-0.15, -0.1) is 0 Å². The molecular weight excluding hydrogens is 444 g/mol. The van der Waals surface area contributed by atoms with E-state index in [1.807, 2.05) is 18.3 Å². The molecule has 2 amide bonds. The molecule has 0 radical (unpaired) electrons. The zero-order chi connectivity index (χ0) is 24.4. The van der Waals surface area contributed by atoms with Gasteiger partial charge >= 0.3 is 0 Å². The Kier molecular flexibility index (Phi) is 6.19. The van der Waals surface area contributed by atoms with Gasteiger partial charge in [-0.05, 0) is 57.2 Å². The van der Waals surface area contributed by atoms with E-state index in [2.05, 4.69) is 48.5 Å². The number of hydrogen-bond acceptors (Lipinski definition) is 7. The maximum Gasteiger partial charge on any atom is 0.269 e. The van der Waals surface area contributed by atoms with E-state index in [4.69, 9.17) is 4.98 Å². The van der Waals surface area contributed by atoms with Crippen LogP contribution in [0.25, 0.3) is 22.2 Å². The Morgan fingerprint density at radius 3 is 2.57 bits per heavy atom. The number of carbonyl (C=O) groups is 2. The topological polar surface area (TPSA) is 118 Å². The number of hydrogen-bond donors (Lipinski definition) is 2. The lowest BCUT2D eigenvalue weighted by Crippen LogP contribution is -2.31. The van der Waals surface area contributed by atoms with Crippen molar-refractivity contribution in [1.29, 1.82) is 0 Å². The van der Waals surface area contributed by atoms with Crippen molar-refractivity contribution in [1.82, 2.24) is 34.9 Å². The summed E-state index contributed by atoms with van der Waals surface area (Å²) in [5.41, 5.74) is 3.05. The van der Waals surface area contributed by atoms with Crippen LogP contribution >= 0.6 is 0 Å². The summed E-state index contributed by atoms with van der Waals surface area (Å²) in [6.07, 6.45) is 9.12. The van der Waals surface area contributed by atoms with Gasteiger partial charge in [-0.1, -0.05) is 0 Å². The molecule has 1 saturated heterocycles. The molecule has 5 heterocycles. The minimum Gasteiger partial charge on any atom is -0.354 e. The van der Waals surface area contributed by atoms with Crippen LogP contribution in [0.15, 0.2) is 55.1 Å². The van der Waals surface area contributed by atoms with Gasteiger partial charge in [0, 0.05) is 42.7 Å². The number of anilines is 1. The number of carbonyl (C=O) groups excluding carboxylic acids is 2. The molecule has 0 atom stereocenters. The summed E-state index contributed by atoms with van der Waals surface area (Å²) < 4.78 is 2.05. The standard InChI is InChI=1S/C25H26N8O2/c1-26-25(35)21-6-4-17(13-27-21)24(34)31-23-11-22-16(12-28-23)3-5-20(30-22)18-14-29-33(15-18)19-7-9-32(2)10-8-19/h3-6,11-15,19H,7-10H2,1-2H3,(H,26,35)(H,28,31,34). The van der Waals surface area contributed by atoms with Crippen molar-refractivity contribution in [2.24, 2.45) is 0 Å². The molecular formula is C25H26N8O2. The Morgan fingerprint density at radius 2 is 1.83 bits per heavy atom. The van der Waals surface area contributed by atoms with E-state index in [-0.39, 0.29) is 17.5 Å². The Labute approximate surface area is 202 Å². The first-order chi connectivity index (χ1) is 17.0. The van der Waals surface area contributed by atoms with Gasteiger partial charge in [-0.2, -0.15) is 5.10 Å². The number of rotatable bonds is 5. The molecule has 0 spiro atoms. The van der Waals surface area contributed by atoms with E-state index in [1.165, 1.54) is 19.3 Å². The van der Waals surface area contributed by atoms with Gasteiger partial charge in [0.1, 0.15) is 11.5 Å². The largest absolute Gasteiger partial charge is 0.354 e. The molecule has 0 saturated carbocycles. The maximum absolute atomic E-state index is 12.6. The van der Waals surface area contributed by atoms with Crippen molar-refractivity contribution in [3.05, 3.63) is 66.4 Å². The second-order valence-electron chi connectivity index (χ2n) is 8.67. The van der Waals surface area contributed by atoms with E-state index in [1.54, 1.807) is 18.3 Å². The molecule has 10 nitrogen and oxygen atoms in total. The third-order valence-electron chi connectivity index (χ3n) is 6.26. The number of aromatic nitrogens is 5. The molecule has 1 fully saturated rings. The molecule has 1 aliphatic heterocycles. The highest BCUT2D eigenvalue weighted by Gasteiger charge is 2.19. The molecule has 2 N–H and O–H groups in total. The summed E-state index contributed by atoms with van der Waals surface area (Å²) >= 11 is 0. The van der Waals surface area contributed by atoms with Crippen LogP contribution in [0.1, 0.15) is 39.7 Å². The molecule has 0 bridgehead atoms. The average Bonchev–Trinajstić information content (AvgIpc) is 3.38. The van der Waals surface area contributed by atoms with E-state index in [0.29, 0.717) is 22.9 Å². The predicted octanol–water partition coefficient (Wildman–Crippen LogP) is 2.77. The van der Waals surface area contributed by atoms with Gasteiger partial charge in [0.2, 0.25) is 0 Å². The molecule has 1 aliphatic rings. The average molecular weight is 471 g/mol. The van der Waals surface area contributed by atoms with Crippen LogP contribution in [0, 0.1) is 0 Å². The minimum atomic E-state index is -0.372. The van der Waals surface area contributed by atoms with Crippen molar-refractivity contribution in [2.45, 2.75) is 18.9 Å². The number of fused-ring (bicyclic) bond motifs is 1. The van der Waals surface area contributed by atoms with Crippen LogP contribution in [0.2, 0.25) is 0 Å². The zero-order valence-electron chi connectivity index (χ0n) is 19.6. The first-order valence-electron chi connectivity index (χ1n) is 11.5. The van der Waals surface area contributed by atoms with Crippen LogP contribution in [0.5, 0.6) is 0 Å². The van der Waals surface area contributed by atoms with Crippen molar-refractivity contribution in [2.75, 3.05) is 32.5 Å². The number of pyridine rings is 3. The SMILES string of the molecule is CNC(=O)c1ccc(C(=O)Nc2cc3nc(-c4cnn(C5CCN(C)CC5)c4)ccc3cn2)cn1. The Hall–Kier alpha value is -4.18. The highest BCUT2D eigenvalue weighted by Crippen LogP contribution is 2.26. The second kappa shape index (κ2) is 9.59. The highest BCUT2D eigenvalue weighted by atomic mass is 16.2.